The zero-order valence-electron chi connectivity index (χ0n) is 10.8. The molecular formula is C11H19NO6S. The van der Waals surface area contributed by atoms with Crippen molar-refractivity contribution in [3.05, 3.63) is 0 Å². The average Bonchev–Trinajstić information content (AvgIpc) is 2.76. The van der Waals surface area contributed by atoms with Crippen LogP contribution in [0.15, 0.2) is 0 Å². The van der Waals surface area contributed by atoms with Crippen molar-refractivity contribution in [2.75, 3.05) is 12.4 Å². The van der Waals surface area contributed by atoms with Gasteiger partial charge in [0.25, 0.3) is 0 Å². The van der Waals surface area contributed by atoms with Gasteiger partial charge in [0.1, 0.15) is 5.54 Å². The Morgan fingerprint density at radius 3 is 2.37 bits per heavy atom. The Morgan fingerprint density at radius 1 is 1.32 bits per heavy atom. The molecule has 110 valence electrons. The number of hydrogen-bond donors (Lipinski definition) is 2. The van der Waals surface area contributed by atoms with Crippen LogP contribution in [-0.4, -0.2) is 43.4 Å². The second-order valence-corrected chi connectivity index (χ2v) is 6.41. The van der Waals surface area contributed by atoms with Crippen LogP contribution in [0.4, 0.5) is 0 Å². The van der Waals surface area contributed by atoms with E-state index in [1.807, 2.05) is 0 Å². The fourth-order valence-corrected chi connectivity index (χ4v) is 3.56. The van der Waals surface area contributed by atoms with Crippen LogP contribution in [0, 0.1) is 0 Å². The number of carboxylic acid groups (broad SMARTS) is 1. The second-order valence-electron chi connectivity index (χ2n) is 4.57. The van der Waals surface area contributed by atoms with E-state index in [1.54, 1.807) is 6.92 Å². The van der Waals surface area contributed by atoms with Crippen molar-refractivity contribution in [3.63, 3.8) is 0 Å². The van der Waals surface area contributed by atoms with Crippen LogP contribution in [0.1, 0.15) is 39.0 Å². The average molecular weight is 293 g/mol. The number of carboxylic acids is 1. The van der Waals surface area contributed by atoms with Gasteiger partial charge in [-0.1, -0.05) is 12.8 Å². The summed E-state index contributed by atoms with van der Waals surface area (Å²) in [5.41, 5.74) is -1.41. The molecule has 8 heteroatoms. The molecule has 1 rings (SSSR count). The molecule has 0 radical (unpaired) electrons. The molecule has 0 aliphatic heterocycles. The minimum atomic E-state index is -3.81. The molecule has 0 bridgehead atoms. The van der Waals surface area contributed by atoms with Crippen molar-refractivity contribution in [1.82, 2.24) is 4.72 Å². The van der Waals surface area contributed by atoms with E-state index in [4.69, 9.17) is 0 Å². The van der Waals surface area contributed by atoms with E-state index >= 15 is 0 Å². The van der Waals surface area contributed by atoms with Gasteiger partial charge in [-0.3, -0.25) is 9.59 Å². The molecule has 1 saturated carbocycles. The monoisotopic (exact) mass is 293 g/mol. The van der Waals surface area contributed by atoms with Gasteiger partial charge in [0.05, 0.1) is 18.8 Å². The van der Waals surface area contributed by atoms with Gasteiger partial charge >= 0.3 is 11.9 Å². The van der Waals surface area contributed by atoms with E-state index in [1.165, 1.54) is 0 Å². The maximum absolute atomic E-state index is 11.8. The smallest absolute Gasteiger partial charge is 0.324 e. The molecule has 1 aliphatic carbocycles. The highest BCUT2D eigenvalue weighted by molar-refractivity contribution is 7.89. The fourth-order valence-electron chi connectivity index (χ4n) is 2.14. The van der Waals surface area contributed by atoms with E-state index in [-0.39, 0.29) is 25.9 Å². The van der Waals surface area contributed by atoms with E-state index in [9.17, 15) is 23.1 Å². The minimum Gasteiger partial charge on any atom is -0.480 e. The van der Waals surface area contributed by atoms with Crippen molar-refractivity contribution < 1.29 is 27.9 Å². The van der Waals surface area contributed by atoms with Gasteiger partial charge in [0.2, 0.25) is 10.0 Å². The Bertz CT molecular complexity index is 438. The lowest BCUT2D eigenvalue weighted by molar-refractivity contribution is -0.144. The van der Waals surface area contributed by atoms with Gasteiger partial charge in [-0.25, -0.2) is 8.42 Å². The standard InChI is InChI=1S/C11H19NO6S/c1-2-18-9(13)5-8-19(16,17)12-11(10(14)15)6-3-4-7-11/h12H,2-8H2,1H3,(H,14,15). The Kier molecular flexibility index (Phi) is 5.30. The third-order valence-electron chi connectivity index (χ3n) is 3.10. The first-order valence-corrected chi connectivity index (χ1v) is 7.87. The van der Waals surface area contributed by atoms with Crippen LogP contribution in [-0.2, 0) is 24.3 Å². The van der Waals surface area contributed by atoms with Crippen LogP contribution in [0.3, 0.4) is 0 Å². The van der Waals surface area contributed by atoms with Crippen LogP contribution >= 0.6 is 0 Å². The summed E-state index contributed by atoms with van der Waals surface area (Å²) >= 11 is 0. The van der Waals surface area contributed by atoms with Crippen molar-refractivity contribution in [2.24, 2.45) is 0 Å². The SMILES string of the molecule is CCOC(=O)CCS(=O)(=O)NC1(C(=O)O)CCCC1. The van der Waals surface area contributed by atoms with E-state index in [0.29, 0.717) is 12.8 Å². The fraction of sp³-hybridized carbons (Fsp3) is 0.818. The molecule has 0 heterocycles. The predicted octanol–water partition coefficient (Wildman–Crippen LogP) is 0.256. The number of sulfonamides is 1. The molecule has 0 aromatic rings. The molecular weight excluding hydrogens is 274 g/mol. The van der Waals surface area contributed by atoms with Gasteiger partial charge in [-0.2, -0.15) is 4.72 Å². The van der Waals surface area contributed by atoms with E-state index in [0.717, 1.165) is 0 Å². The predicted molar refractivity (Wildman–Crippen MR) is 67.0 cm³/mol. The van der Waals surface area contributed by atoms with Gasteiger partial charge < -0.3 is 9.84 Å². The van der Waals surface area contributed by atoms with Crippen molar-refractivity contribution in [3.8, 4) is 0 Å². The van der Waals surface area contributed by atoms with Gasteiger partial charge in [-0.15, -0.1) is 0 Å². The van der Waals surface area contributed by atoms with E-state index < -0.39 is 33.3 Å². The molecule has 7 nitrogen and oxygen atoms in total. The molecule has 0 saturated heterocycles. The molecule has 19 heavy (non-hydrogen) atoms. The summed E-state index contributed by atoms with van der Waals surface area (Å²) in [6.45, 7) is 1.81. The van der Waals surface area contributed by atoms with Gasteiger partial charge in [0.15, 0.2) is 0 Å². The van der Waals surface area contributed by atoms with Gasteiger partial charge in [-0.05, 0) is 19.8 Å². The number of rotatable bonds is 7. The number of nitrogens with one attached hydrogen (secondary N) is 1. The van der Waals surface area contributed by atoms with Gasteiger partial charge in [0, 0.05) is 0 Å². The molecule has 0 amide bonds. The van der Waals surface area contributed by atoms with Crippen LogP contribution in [0.25, 0.3) is 0 Å². The highest BCUT2D eigenvalue weighted by Gasteiger charge is 2.44. The van der Waals surface area contributed by atoms with Crippen LogP contribution in [0.2, 0.25) is 0 Å². The number of ether oxygens (including phenoxy) is 1. The maximum atomic E-state index is 11.8. The van der Waals surface area contributed by atoms with Crippen LogP contribution < -0.4 is 4.72 Å². The zero-order chi connectivity index (χ0) is 14.5. The summed E-state index contributed by atoms with van der Waals surface area (Å²) in [7, 11) is -3.81. The molecule has 0 aromatic heterocycles. The summed E-state index contributed by atoms with van der Waals surface area (Å²) in [5.74, 6) is -2.23. The second kappa shape index (κ2) is 6.33. The third-order valence-corrected chi connectivity index (χ3v) is 4.54. The summed E-state index contributed by atoms with van der Waals surface area (Å²) < 4.78 is 30.5. The molecule has 2 N–H and O–H groups in total. The highest BCUT2D eigenvalue weighted by Crippen LogP contribution is 2.30. The van der Waals surface area contributed by atoms with E-state index in [2.05, 4.69) is 9.46 Å². The largest absolute Gasteiger partial charge is 0.480 e. The number of aliphatic carboxylic acids is 1. The maximum Gasteiger partial charge on any atom is 0.324 e. The van der Waals surface area contributed by atoms with Crippen LogP contribution in [0.5, 0.6) is 0 Å². The Balaban J connectivity index is 2.63. The lowest BCUT2D eigenvalue weighted by atomic mass is 10.0. The number of hydrogen-bond acceptors (Lipinski definition) is 5. The number of carbonyl (C=O) groups excluding carboxylic acids is 1. The normalized spacial score (nSPS) is 18.2. The minimum absolute atomic E-state index is 0.186. The lowest BCUT2D eigenvalue weighted by Gasteiger charge is -2.24. The first-order chi connectivity index (χ1) is 8.81. The Hall–Kier alpha value is -1.15. The molecule has 0 spiro atoms. The first-order valence-electron chi connectivity index (χ1n) is 6.22. The number of esters is 1. The lowest BCUT2D eigenvalue weighted by Crippen LogP contribution is -2.53. The first kappa shape index (κ1) is 15.9. The summed E-state index contributed by atoms with van der Waals surface area (Å²) in [6.07, 6.45) is 1.63. The quantitative estimate of drug-likeness (QED) is 0.651. The molecule has 0 atom stereocenters. The summed E-state index contributed by atoms with van der Waals surface area (Å²) in [6, 6.07) is 0. The number of carbonyl (C=O) groups is 2. The zero-order valence-corrected chi connectivity index (χ0v) is 11.7. The summed E-state index contributed by atoms with van der Waals surface area (Å²) in [5, 5.41) is 9.17. The molecule has 0 unspecified atom stereocenters. The third kappa shape index (κ3) is 4.46. The van der Waals surface area contributed by atoms with Crippen molar-refractivity contribution >= 4 is 22.0 Å². The Morgan fingerprint density at radius 2 is 1.89 bits per heavy atom. The topological polar surface area (TPSA) is 110 Å². The van der Waals surface area contributed by atoms with Crippen molar-refractivity contribution in [2.45, 2.75) is 44.6 Å². The molecule has 0 aromatic carbocycles. The Labute approximate surface area is 112 Å². The highest BCUT2D eigenvalue weighted by atomic mass is 32.2. The molecule has 1 aliphatic rings. The van der Waals surface area contributed by atoms with Crippen molar-refractivity contribution in [1.29, 1.82) is 0 Å². The molecule has 1 fully saturated rings. The summed E-state index contributed by atoms with van der Waals surface area (Å²) in [4.78, 5) is 22.3.